The number of Topliss-reactive ketones (excluding diaryl/α,β-unsaturated/α-hetero) is 1. The Morgan fingerprint density at radius 1 is 1.13 bits per heavy atom. The van der Waals surface area contributed by atoms with Crippen LogP contribution in [0.4, 0.5) is 5.69 Å². The molecule has 1 aliphatic heterocycles. The Balaban J connectivity index is 0.000000336. The van der Waals surface area contributed by atoms with E-state index in [2.05, 4.69) is 48.0 Å². The zero-order valence-electron chi connectivity index (χ0n) is 23.1. The fourth-order valence-electron chi connectivity index (χ4n) is 5.11. The van der Waals surface area contributed by atoms with Crippen molar-refractivity contribution in [2.75, 3.05) is 18.5 Å². The molecule has 1 N–H and O–H groups in total. The molecule has 7 nitrogen and oxygen atoms in total. The number of anilines is 1. The van der Waals surface area contributed by atoms with E-state index in [-0.39, 0.29) is 11.6 Å². The lowest BCUT2D eigenvalue weighted by molar-refractivity contribution is -0.125. The van der Waals surface area contributed by atoms with Crippen molar-refractivity contribution in [1.82, 2.24) is 9.55 Å². The second-order valence-electron chi connectivity index (χ2n) is 9.90. The number of carbonyl (C=O) groups is 2. The maximum absolute atomic E-state index is 12.6. The third-order valence-electron chi connectivity index (χ3n) is 7.14. The first kappa shape index (κ1) is 29.1. The van der Waals surface area contributed by atoms with E-state index in [9.17, 15) is 9.59 Å². The number of aromatic nitrogens is 2. The first-order chi connectivity index (χ1) is 18.4. The molecule has 1 saturated heterocycles. The smallest absolute Gasteiger partial charge is 0.274 e. The van der Waals surface area contributed by atoms with Crippen molar-refractivity contribution in [1.29, 1.82) is 5.26 Å². The Kier molecular flexibility index (Phi) is 11.0. The first-order valence-corrected chi connectivity index (χ1v) is 13.8. The lowest BCUT2D eigenvalue weighted by Gasteiger charge is -2.19. The third kappa shape index (κ3) is 7.52. The van der Waals surface area contributed by atoms with E-state index in [4.69, 9.17) is 10.00 Å². The highest BCUT2D eigenvalue weighted by Gasteiger charge is 2.19. The monoisotopic (exact) mass is 516 g/mol. The molecule has 4 rings (SSSR count). The van der Waals surface area contributed by atoms with Crippen LogP contribution in [-0.4, -0.2) is 34.5 Å². The van der Waals surface area contributed by atoms with E-state index >= 15 is 0 Å². The molecule has 202 valence electrons. The molecule has 1 amide bonds. The van der Waals surface area contributed by atoms with Gasteiger partial charge in [-0.2, -0.15) is 5.26 Å². The third-order valence-corrected chi connectivity index (χ3v) is 7.14. The molecule has 0 atom stereocenters. The second-order valence-corrected chi connectivity index (χ2v) is 9.90. The van der Waals surface area contributed by atoms with Gasteiger partial charge in [-0.15, -0.1) is 0 Å². The predicted molar refractivity (Wildman–Crippen MR) is 151 cm³/mol. The highest BCUT2D eigenvalue weighted by atomic mass is 16.5. The van der Waals surface area contributed by atoms with Crippen molar-refractivity contribution in [3.8, 4) is 6.07 Å². The fourth-order valence-corrected chi connectivity index (χ4v) is 5.11. The number of nitrogens with one attached hydrogen (secondary N) is 1. The summed E-state index contributed by atoms with van der Waals surface area (Å²) in [5.74, 6) is 0.924. The van der Waals surface area contributed by atoms with Crippen LogP contribution in [0.15, 0.2) is 42.7 Å². The first-order valence-electron chi connectivity index (χ1n) is 13.8. The van der Waals surface area contributed by atoms with Gasteiger partial charge in [-0.1, -0.05) is 33.6 Å². The van der Waals surface area contributed by atoms with Crippen molar-refractivity contribution in [2.45, 2.75) is 71.6 Å². The number of ketones is 1. The Labute approximate surface area is 226 Å². The summed E-state index contributed by atoms with van der Waals surface area (Å²) in [5.41, 5.74) is 3.91. The number of amides is 1. The van der Waals surface area contributed by atoms with E-state index in [0.29, 0.717) is 29.6 Å². The Morgan fingerprint density at radius 2 is 1.84 bits per heavy atom. The van der Waals surface area contributed by atoms with Crippen molar-refractivity contribution in [3.63, 3.8) is 0 Å². The van der Waals surface area contributed by atoms with Crippen molar-refractivity contribution in [3.05, 3.63) is 59.5 Å². The lowest BCUT2D eigenvalue weighted by Crippen LogP contribution is -2.22. The summed E-state index contributed by atoms with van der Waals surface area (Å²) >= 11 is 0. The van der Waals surface area contributed by atoms with Crippen LogP contribution in [0.25, 0.3) is 10.9 Å². The molecule has 3 heterocycles. The fraction of sp³-hybridized carbons (Fsp3) is 0.484. The maximum atomic E-state index is 12.6. The zero-order chi connectivity index (χ0) is 27.5. The molecule has 7 heteroatoms. The maximum Gasteiger partial charge on any atom is 0.274 e. The van der Waals surface area contributed by atoms with Crippen molar-refractivity contribution in [2.24, 2.45) is 13.0 Å². The van der Waals surface area contributed by atoms with Crippen LogP contribution >= 0.6 is 0 Å². The van der Waals surface area contributed by atoms with Gasteiger partial charge in [0.1, 0.15) is 11.5 Å². The summed E-state index contributed by atoms with van der Waals surface area (Å²) in [6.07, 6.45) is 10.9. The number of nitrogens with zero attached hydrogens (tertiary/aromatic N) is 3. The van der Waals surface area contributed by atoms with Gasteiger partial charge in [0.25, 0.3) is 5.91 Å². The summed E-state index contributed by atoms with van der Waals surface area (Å²) in [4.78, 5) is 27.7. The van der Waals surface area contributed by atoms with Gasteiger partial charge < -0.3 is 14.6 Å². The number of carbonyl (C=O) groups excluding carboxylic acids is 2. The minimum absolute atomic E-state index is 0.238. The Morgan fingerprint density at radius 3 is 2.47 bits per heavy atom. The van der Waals surface area contributed by atoms with Crippen LogP contribution < -0.4 is 5.32 Å². The van der Waals surface area contributed by atoms with E-state index < -0.39 is 0 Å². The van der Waals surface area contributed by atoms with Crippen LogP contribution in [0.3, 0.4) is 0 Å². The number of hydrogen-bond donors (Lipinski definition) is 1. The van der Waals surface area contributed by atoms with Gasteiger partial charge in [-0.3, -0.25) is 14.6 Å². The number of pyridine rings is 1. The van der Waals surface area contributed by atoms with Crippen LogP contribution in [-0.2, 0) is 16.6 Å². The quantitative estimate of drug-likeness (QED) is 0.338. The molecular formula is C31H40N4O3. The molecule has 3 aromatic rings. The molecule has 0 radical (unpaired) electrons. The topological polar surface area (TPSA) is 97.0 Å². The van der Waals surface area contributed by atoms with Gasteiger partial charge >= 0.3 is 0 Å². The second kappa shape index (κ2) is 14.4. The van der Waals surface area contributed by atoms with Crippen LogP contribution in [0.2, 0.25) is 0 Å². The van der Waals surface area contributed by atoms with Gasteiger partial charge in [0.05, 0.1) is 11.6 Å². The van der Waals surface area contributed by atoms with Gasteiger partial charge in [0, 0.05) is 61.6 Å². The molecule has 38 heavy (non-hydrogen) atoms. The number of hydrogen-bond acceptors (Lipinski definition) is 5. The van der Waals surface area contributed by atoms with Crippen molar-refractivity contribution < 1.29 is 14.3 Å². The Bertz CT molecular complexity index is 1260. The molecule has 0 bridgehead atoms. The highest BCUT2D eigenvalue weighted by molar-refractivity contribution is 6.04. The minimum atomic E-state index is -0.312. The SMILES string of the molecule is CCC(=O)C1CCOCC1.CCCC(CCC)c1cn(C)c2ccc(NC(=O)c3cc(C#N)ccn3)cc12. The number of ether oxygens (including phenoxy) is 1. The lowest BCUT2D eigenvalue weighted by atomic mass is 9.90. The van der Waals surface area contributed by atoms with E-state index in [1.807, 2.05) is 25.1 Å². The summed E-state index contributed by atoms with van der Waals surface area (Å²) < 4.78 is 7.30. The number of aryl methyl sites for hydroxylation is 1. The molecule has 1 aliphatic rings. The molecular weight excluding hydrogens is 476 g/mol. The standard InChI is InChI=1S/C23H26N4O.C8H14O2/c1-4-6-17(7-5-2)20-15-27(3)22-9-8-18(13-19(20)22)26-23(28)21-12-16(14-24)10-11-25-21;1-2-8(9)7-3-5-10-6-4-7/h8-13,15,17H,4-7H2,1-3H3,(H,26,28);7H,2-6H2,1H3. The zero-order valence-corrected chi connectivity index (χ0v) is 23.1. The highest BCUT2D eigenvalue weighted by Crippen LogP contribution is 2.34. The van der Waals surface area contributed by atoms with E-state index in [1.165, 1.54) is 23.2 Å². The molecule has 0 aliphatic carbocycles. The average molecular weight is 517 g/mol. The van der Waals surface area contributed by atoms with Gasteiger partial charge in [0.2, 0.25) is 0 Å². The van der Waals surface area contributed by atoms with E-state index in [1.54, 1.807) is 6.07 Å². The predicted octanol–water partition coefficient (Wildman–Crippen LogP) is 6.77. The van der Waals surface area contributed by atoms with Crippen LogP contribution in [0.1, 0.15) is 93.3 Å². The van der Waals surface area contributed by atoms with Crippen LogP contribution in [0.5, 0.6) is 0 Å². The molecule has 0 saturated carbocycles. The molecule has 2 aromatic heterocycles. The van der Waals surface area contributed by atoms with Crippen molar-refractivity contribution >= 4 is 28.3 Å². The van der Waals surface area contributed by atoms with Gasteiger partial charge in [-0.25, -0.2) is 0 Å². The summed E-state index contributed by atoms with van der Waals surface area (Å²) in [6.45, 7) is 7.92. The Hall–Kier alpha value is -3.50. The van der Waals surface area contributed by atoms with E-state index in [0.717, 1.165) is 62.9 Å². The molecule has 0 unspecified atom stereocenters. The average Bonchev–Trinajstić information content (AvgIpc) is 3.28. The largest absolute Gasteiger partial charge is 0.381 e. The molecule has 0 spiro atoms. The number of nitriles is 1. The summed E-state index contributed by atoms with van der Waals surface area (Å²) in [7, 11) is 2.07. The molecule has 1 aromatic carbocycles. The number of rotatable bonds is 9. The summed E-state index contributed by atoms with van der Waals surface area (Å²) in [6, 6.07) is 11.1. The van der Waals surface area contributed by atoms with Gasteiger partial charge in [0.15, 0.2) is 0 Å². The summed E-state index contributed by atoms with van der Waals surface area (Å²) in [5, 5.41) is 13.1. The minimum Gasteiger partial charge on any atom is -0.381 e. The number of fused-ring (bicyclic) bond motifs is 1. The van der Waals surface area contributed by atoms with Crippen LogP contribution in [0, 0.1) is 17.2 Å². The van der Waals surface area contributed by atoms with Gasteiger partial charge in [-0.05, 0) is 67.5 Å². The molecule has 1 fully saturated rings. The number of benzene rings is 1. The normalized spacial score (nSPS) is 13.6.